The molecule has 0 aromatic rings. The highest BCUT2D eigenvalue weighted by Crippen LogP contribution is 2.65. The van der Waals surface area contributed by atoms with E-state index in [0.717, 1.165) is 38.4 Å². The Hall–Kier alpha value is -1.12. The fourth-order valence-corrected chi connectivity index (χ4v) is 3.17. The third-order valence-electron chi connectivity index (χ3n) is 4.65. The Morgan fingerprint density at radius 1 is 1.21 bits per heavy atom. The van der Waals surface area contributed by atoms with Crippen molar-refractivity contribution in [1.82, 2.24) is 0 Å². The SMILES string of the molecule is CC(C=O)=CC1(C(=O)OC2CCCCC2)CC1(C)C. The summed E-state index contributed by atoms with van der Waals surface area (Å²) in [6.45, 7) is 5.87. The number of ether oxygens (including phenoxy) is 1. The van der Waals surface area contributed by atoms with Crippen LogP contribution in [0.15, 0.2) is 11.6 Å². The van der Waals surface area contributed by atoms with Crippen LogP contribution < -0.4 is 0 Å². The van der Waals surface area contributed by atoms with E-state index < -0.39 is 5.41 Å². The summed E-state index contributed by atoms with van der Waals surface area (Å²) in [7, 11) is 0. The fraction of sp³-hybridized carbons (Fsp3) is 0.750. The molecule has 2 aliphatic carbocycles. The van der Waals surface area contributed by atoms with Crippen molar-refractivity contribution in [2.24, 2.45) is 10.8 Å². The van der Waals surface area contributed by atoms with Crippen LogP contribution in [0, 0.1) is 10.8 Å². The van der Waals surface area contributed by atoms with Crippen molar-refractivity contribution in [1.29, 1.82) is 0 Å². The molecule has 2 aliphatic rings. The highest BCUT2D eigenvalue weighted by Gasteiger charge is 2.66. The van der Waals surface area contributed by atoms with Gasteiger partial charge in [-0.25, -0.2) is 0 Å². The molecule has 0 saturated heterocycles. The van der Waals surface area contributed by atoms with Gasteiger partial charge in [0.2, 0.25) is 0 Å². The van der Waals surface area contributed by atoms with Crippen LogP contribution in [0.5, 0.6) is 0 Å². The highest BCUT2D eigenvalue weighted by molar-refractivity contribution is 5.86. The van der Waals surface area contributed by atoms with Crippen LogP contribution in [0.25, 0.3) is 0 Å². The number of hydrogen-bond acceptors (Lipinski definition) is 3. The van der Waals surface area contributed by atoms with Gasteiger partial charge in [-0.05, 0) is 50.0 Å². The van der Waals surface area contributed by atoms with Crippen molar-refractivity contribution >= 4 is 12.3 Å². The monoisotopic (exact) mass is 264 g/mol. The Labute approximate surface area is 115 Å². The Morgan fingerprint density at radius 3 is 2.26 bits per heavy atom. The zero-order valence-corrected chi connectivity index (χ0v) is 12.2. The number of allylic oxidation sites excluding steroid dienone is 1. The molecule has 1 unspecified atom stereocenters. The van der Waals surface area contributed by atoms with E-state index in [1.807, 2.05) is 6.08 Å². The molecule has 0 bridgehead atoms. The minimum atomic E-state index is -0.574. The van der Waals surface area contributed by atoms with E-state index in [-0.39, 0.29) is 17.5 Å². The van der Waals surface area contributed by atoms with Crippen LogP contribution in [0.3, 0.4) is 0 Å². The summed E-state index contributed by atoms with van der Waals surface area (Å²) in [6, 6.07) is 0. The number of carbonyl (C=O) groups excluding carboxylic acids is 2. The van der Waals surface area contributed by atoms with Gasteiger partial charge >= 0.3 is 5.97 Å². The number of carbonyl (C=O) groups is 2. The van der Waals surface area contributed by atoms with Crippen LogP contribution in [-0.2, 0) is 14.3 Å². The van der Waals surface area contributed by atoms with Gasteiger partial charge in [-0.15, -0.1) is 0 Å². The number of hydrogen-bond donors (Lipinski definition) is 0. The summed E-state index contributed by atoms with van der Waals surface area (Å²) in [5.41, 5.74) is -0.0514. The summed E-state index contributed by atoms with van der Waals surface area (Å²) < 4.78 is 5.70. The second-order valence-corrected chi connectivity index (χ2v) is 6.70. The molecule has 2 fully saturated rings. The quantitative estimate of drug-likeness (QED) is 0.444. The molecule has 19 heavy (non-hydrogen) atoms. The molecule has 0 N–H and O–H groups in total. The lowest BCUT2D eigenvalue weighted by molar-refractivity contribution is -0.156. The molecule has 2 saturated carbocycles. The zero-order chi connectivity index (χ0) is 14.1. The van der Waals surface area contributed by atoms with Crippen molar-refractivity contribution < 1.29 is 14.3 Å². The average molecular weight is 264 g/mol. The lowest BCUT2D eigenvalue weighted by Crippen LogP contribution is -2.29. The third kappa shape index (κ3) is 2.75. The van der Waals surface area contributed by atoms with Crippen LogP contribution in [0.4, 0.5) is 0 Å². The summed E-state index contributed by atoms with van der Waals surface area (Å²) in [5.74, 6) is -0.134. The van der Waals surface area contributed by atoms with Crippen LogP contribution >= 0.6 is 0 Å². The predicted molar refractivity (Wildman–Crippen MR) is 73.6 cm³/mol. The first kappa shape index (κ1) is 14.3. The topological polar surface area (TPSA) is 43.4 Å². The van der Waals surface area contributed by atoms with E-state index in [1.54, 1.807) is 6.92 Å². The number of esters is 1. The predicted octanol–water partition coefficient (Wildman–Crippen LogP) is 3.42. The zero-order valence-electron chi connectivity index (χ0n) is 12.2. The van der Waals surface area contributed by atoms with Crippen molar-refractivity contribution in [3.8, 4) is 0 Å². The van der Waals surface area contributed by atoms with Crippen LogP contribution in [-0.4, -0.2) is 18.4 Å². The molecule has 2 rings (SSSR count). The highest BCUT2D eigenvalue weighted by atomic mass is 16.5. The normalized spacial score (nSPS) is 30.8. The maximum atomic E-state index is 12.5. The number of aldehydes is 1. The molecular formula is C16H24O3. The smallest absolute Gasteiger partial charge is 0.316 e. The molecule has 106 valence electrons. The molecule has 0 aromatic heterocycles. The summed E-state index contributed by atoms with van der Waals surface area (Å²) in [5, 5.41) is 0. The standard InChI is InChI=1S/C16H24O3/c1-12(10-17)9-16(11-15(16,2)3)14(18)19-13-7-5-4-6-8-13/h9-10,13H,4-8,11H2,1-3H3. The second kappa shape index (κ2) is 5.10. The van der Waals surface area contributed by atoms with Gasteiger partial charge in [0.25, 0.3) is 0 Å². The van der Waals surface area contributed by atoms with E-state index in [2.05, 4.69) is 13.8 Å². The molecule has 0 amide bonds. The first-order valence-electron chi connectivity index (χ1n) is 7.27. The Kier molecular flexibility index (Phi) is 3.84. The lowest BCUT2D eigenvalue weighted by Gasteiger charge is -2.25. The van der Waals surface area contributed by atoms with Gasteiger partial charge in [0.05, 0.1) is 5.41 Å². The van der Waals surface area contributed by atoms with Gasteiger partial charge in [0.1, 0.15) is 12.4 Å². The summed E-state index contributed by atoms with van der Waals surface area (Å²) in [6.07, 6.45) is 8.99. The largest absolute Gasteiger partial charge is 0.462 e. The lowest BCUT2D eigenvalue weighted by atomic mass is 9.93. The molecule has 3 heteroatoms. The van der Waals surface area contributed by atoms with Gasteiger partial charge in [0, 0.05) is 0 Å². The van der Waals surface area contributed by atoms with Crippen LogP contribution in [0.1, 0.15) is 59.3 Å². The van der Waals surface area contributed by atoms with Crippen molar-refractivity contribution in [3.63, 3.8) is 0 Å². The summed E-state index contributed by atoms with van der Waals surface area (Å²) in [4.78, 5) is 23.3. The second-order valence-electron chi connectivity index (χ2n) is 6.70. The first-order valence-corrected chi connectivity index (χ1v) is 7.27. The van der Waals surface area contributed by atoms with E-state index >= 15 is 0 Å². The van der Waals surface area contributed by atoms with Crippen LogP contribution in [0.2, 0.25) is 0 Å². The van der Waals surface area contributed by atoms with E-state index in [1.165, 1.54) is 6.42 Å². The van der Waals surface area contributed by atoms with Gasteiger partial charge in [-0.2, -0.15) is 0 Å². The number of rotatable bonds is 4. The Morgan fingerprint density at radius 2 is 1.79 bits per heavy atom. The third-order valence-corrected chi connectivity index (χ3v) is 4.65. The molecule has 0 spiro atoms. The molecular weight excluding hydrogens is 240 g/mol. The summed E-state index contributed by atoms with van der Waals surface area (Å²) >= 11 is 0. The van der Waals surface area contributed by atoms with Gasteiger partial charge in [-0.1, -0.05) is 26.3 Å². The molecule has 1 atom stereocenters. The molecule has 0 aliphatic heterocycles. The Balaban J connectivity index is 2.08. The molecule has 0 heterocycles. The van der Waals surface area contributed by atoms with E-state index in [0.29, 0.717) is 5.57 Å². The molecule has 0 aromatic carbocycles. The van der Waals surface area contributed by atoms with Gasteiger partial charge in [-0.3, -0.25) is 9.59 Å². The average Bonchev–Trinajstić information content (AvgIpc) is 2.93. The van der Waals surface area contributed by atoms with Crippen molar-refractivity contribution in [2.45, 2.75) is 65.4 Å². The molecule has 0 radical (unpaired) electrons. The minimum Gasteiger partial charge on any atom is -0.462 e. The Bertz CT molecular complexity index is 402. The van der Waals surface area contributed by atoms with Gasteiger partial charge < -0.3 is 4.74 Å². The maximum absolute atomic E-state index is 12.5. The molecule has 3 nitrogen and oxygen atoms in total. The van der Waals surface area contributed by atoms with Crippen molar-refractivity contribution in [3.05, 3.63) is 11.6 Å². The van der Waals surface area contributed by atoms with E-state index in [4.69, 9.17) is 4.74 Å². The van der Waals surface area contributed by atoms with Crippen molar-refractivity contribution in [2.75, 3.05) is 0 Å². The first-order chi connectivity index (χ1) is 8.91. The fourth-order valence-electron chi connectivity index (χ4n) is 3.17. The minimum absolute atomic E-state index is 0.0828. The van der Waals surface area contributed by atoms with Gasteiger partial charge in [0.15, 0.2) is 0 Å². The van der Waals surface area contributed by atoms with E-state index in [9.17, 15) is 9.59 Å². The maximum Gasteiger partial charge on any atom is 0.316 e.